The van der Waals surface area contributed by atoms with E-state index < -0.39 is 0 Å². The minimum absolute atomic E-state index is 0.302. The van der Waals surface area contributed by atoms with E-state index in [1.54, 1.807) is 6.20 Å². The molecule has 1 saturated carbocycles. The zero-order valence-corrected chi connectivity index (χ0v) is 12.1. The van der Waals surface area contributed by atoms with Gasteiger partial charge in [0.25, 0.3) is 0 Å². The van der Waals surface area contributed by atoms with Crippen LogP contribution < -0.4 is 11.3 Å². The van der Waals surface area contributed by atoms with Crippen LogP contribution in [0.5, 0.6) is 11.6 Å². The number of ether oxygens (including phenoxy) is 1. The van der Waals surface area contributed by atoms with E-state index in [2.05, 4.69) is 31.4 Å². The molecule has 0 spiro atoms. The van der Waals surface area contributed by atoms with Crippen LogP contribution in [0.2, 0.25) is 0 Å². The first-order chi connectivity index (χ1) is 7.31. The molecule has 82 valence electrons. The number of rotatable bonds is 4. The van der Waals surface area contributed by atoms with Gasteiger partial charge in [-0.25, -0.2) is 4.98 Å². The number of hydrogen-bond acceptors (Lipinski definition) is 4. The third-order valence-electron chi connectivity index (χ3n) is 2.33. The highest BCUT2D eigenvalue weighted by atomic mass is 127. The number of halogens is 2. The minimum atomic E-state index is 0.302. The molecule has 1 aromatic heterocycles. The maximum absolute atomic E-state index is 5.67. The maximum atomic E-state index is 5.67. The first-order valence-corrected chi connectivity index (χ1v) is 6.55. The normalized spacial score (nSPS) is 24.4. The fourth-order valence-corrected chi connectivity index (χ4v) is 2.17. The van der Waals surface area contributed by atoms with Gasteiger partial charge in [0.15, 0.2) is 28.8 Å². The second-order valence-corrected chi connectivity index (χ2v) is 4.49. The van der Waals surface area contributed by atoms with Gasteiger partial charge in [0.1, 0.15) is 6.10 Å². The summed E-state index contributed by atoms with van der Waals surface area (Å²) in [7, 11) is 0. The Kier molecular flexibility index (Phi) is 4.26. The SMILES string of the molecule is IN[C@H]1C[C@@H](Oc2ccc(OI)cn2)C1. The Bertz CT molecular complexity index is 314. The van der Waals surface area contributed by atoms with Crippen LogP contribution in [0.15, 0.2) is 18.3 Å². The van der Waals surface area contributed by atoms with E-state index in [0.29, 0.717) is 18.0 Å². The van der Waals surface area contributed by atoms with Crippen molar-refractivity contribution < 1.29 is 7.80 Å². The van der Waals surface area contributed by atoms with Gasteiger partial charge in [-0.3, -0.25) is 3.53 Å². The summed E-state index contributed by atoms with van der Waals surface area (Å²) in [6.07, 6.45) is 4.06. The van der Waals surface area contributed by atoms with Gasteiger partial charge in [0, 0.05) is 47.8 Å². The van der Waals surface area contributed by atoms with Gasteiger partial charge in [-0.15, -0.1) is 0 Å². The molecule has 1 aliphatic rings. The highest BCUT2D eigenvalue weighted by molar-refractivity contribution is 14.1. The van der Waals surface area contributed by atoms with Gasteiger partial charge in [-0.1, -0.05) is 0 Å². The Morgan fingerprint density at radius 1 is 1.40 bits per heavy atom. The standard InChI is InChI=1S/C9H10I2N2O2/c10-13-6-3-8(4-6)14-9-2-1-7(15-11)5-12-9/h1-2,5-6,8,13H,3-4H2/t6-,8+. The van der Waals surface area contributed by atoms with Gasteiger partial charge in [-0.2, -0.15) is 0 Å². The summed E-state index contributed by atoms with van der Waals surface area (Å²) in [4.78, 5) is 4.15. The zero-order chi connectivity index (χ0) is 10.7. The van der Waals surface area contributed by atoms with E-state index >= 15 is 0 Å². The molecular weight excluding hydrogens is 422 g/mol. The topological polar surface area (TPSA) is 43.4 Å². The minimum Gasteiger partial charge on any atom is -0.474 e. The molecule has 1 aliphatic carbocycles. The molecule has 4 nitrogen and oxygen atoms in total. The van der Waals surface area contributed by atoms with E-state index in [1.165, 1.54) is 0 Å². The van der Waals surface area contributed by atoms with Crippen molar-refractivity contribution in [3.63, 3.8) is 0 Å². The molecule has 0 unspecified atom stereocenters. The molecule has 1 fully saturated rings. The van der Waals surface area contributed by atoms with Crippen LogP contribution in [0.25, 0.3) is 0 Å². The third-order valence-corrected chi connectivity index (χ3v) is 3.72. The highest BCUT2D eigenvalue weighted by Crippen LogP contribution is 2.26. The Balaban J connectivity index is 1.84. The second kappa shape index (κ2) is 5.48. The molecule has 2 rings (SSSR count). The van der Waals surface area contributed by atoms with Crippen LogP contribution in [-0.2, 0) is 0 Å². The molecule has 15 heavy (non-hydrogen) atoms. The maximum Gasteiger partial charge on any atom is 0.213 e. The summed E-state index contributed by atoms with van der Waals surface area (Å²) in [6.45, 7) is 0. The Morgan fingerprint density at radius 3 is 2.73 bits per heavy atom. The van der Waals surface area contributed by atoms with E-state index in [-0.39, 0.29) is 0 Å². The molecule has 6 heteroatoms. The lowest BCUT2D eigenvalue weighted by molar-refractivity contribution is 0.0924. The Hall–Kier alpha value is 0.170. The largest absolute Gasteiger partial charge is 0.474 e. The average Bonchev–Trinajstić information content (AvgIpc) is 2.23. The van der Waals surface area contributed by atoms with Crippen molar-refractivity contribution in [1.29, 1.82) is 0 Å². The van der Waals surface area contributed by atoms with Crippen LogP contribution in [0.4, 0.5) is 0 Å². The predicted octanol–water partition coefficient (Wildman–Crippen LogP) is 2.66. The quantitative estimate of drug-likeness (QED) is 0.588. The van der Waals surface area contributed by atoms with Crippen molar-refractivity contribution in [2.45, 2.75) is 25.0 Å². The zero-order valence-electron chi connectivity index (χ0n) is 7.82. The molecule has 0 atom stereocenters. The number of hydrogen-bond donors (Lipinski definition) is 1. The number of pyridine rings is 1. The lowest BCUT2D eigenvalue weighted by Gasteiger charge is -2.33. The summed E-state index contributed by atoms with van der Waals surface area (Å²) in [5, 5.41) is 0. The lowest BCUT2D eigenvalue weighted by Crippen LogP contribution is -2.43. The molecule has 1 N–H and O–H groups in total. The fourth-order valence-electron chi connectivity index (χ4n) is 1.40. The van der Waals surface area contributed by atoms with Gasteiger partial charge in [0.05, 0.1) is 6.20 Å². The van der Waals surface area contributed by atoms with Crippen molar-refractivity contribution in [2.24, 2.45) is 0 Å². The first-order valence-electron chi connectivity index (χ1n) is 4.59. The molecule has 1 aromatic rings. The summed E-state index contributed by atoms with van der Waals surface area (Å²) in [6, 6.07) is 4.27. The van der Waals surface area contributed by atoms with Crippen molar-refractivity contribution in [3.05, 3.63) is 18.3 Å². The van der Waals surface area contributed by atoms with Crippen LogP contribution >= 0.6 is 45.9 Å². The third kappa shape index (κ3) is 3.06. The molecule has 1 heterocycles. The smallest absolute Gasteiger partial charge is 0.213 e. The lowest BCUT2D eigenvalue weighted by atomic mass is 9.90. The number of aromatic nitrogens is 1. The van der Waals surface area contributed by atoms with Crippen molar-refractivity contribution in [3.8, 4) is 11.6 Å². The van der Waals surface area contributed by atoms with Crippen LogP contribution in [0.1, 0.15) is 12.8 Å². The van der Waals surface area contributed by atoms with E-state index in [1.807, 2.05) is 35.1 Å². The summed E-state index contributed by atoms with van der Waals surface area (Å²) < 4.78 is 13.8. The van der Waals surface area contributed by atoms with E-state index in [4.69, 9.17) is 7.80 Å². The van der Waals surface area contributed by atoms with Crippen LogP contribution in [-0.4, -0.2) is 17.1 Å². The van der Waals surface area contributed by atoms with E-state index in [0.717, 1.165) is 18.6 Å². The summed E-state index contributed by atoms with van der Waals surface area (Å²) in [5.74, 6) is 1.41. The molecule has 0 radical (unpaired) electrons. The Morgan fingerprint density at radius 2 is 2.20 bits per heavy atom. The Labute approximate surface area is 116 Å². The number of nitrogens with one attached hydrogen (secondary N) is 1. The van der Waals surface area contributed by atoms with Crippen molar-refractivity contribution >= 4 is 45.9 Å². The second-order valence-electron chi connectivity index (χ2n) is 3.43. The van der Waals surface area contributed by atoms with Gasteiger partial charge in [0.2, 0.25) is 5.88 Å². The molecule has 0 saturated heterocycles. The summed E-state index contributed by atoms with van der Waals surface area (Å²) >= 11 is 4.00. The van der Waals surface area contributed by atoms with E-state index in [9.17, 15) is 0 Å². The highest BCUT2D eigenvalue weighted by Gasteiger charge is 2.30. The average molecular weight is 432 g/mol. The van der Waals surface area contributed by atoms with Gasteiger partial charge in [-0.05, 0) is 6.07 Å². The van der Waals surface area contributed by atoms with Crippen LogP contribution in [0, 0.1) is 0 Å². The van der Waals surface area contributed by atoms with Crippen molar-refractivity contribution in [2.75, 3.05) is 0 Å². The molecule has 0 aromatic carbocycles. The monoisotopic (exact) mass is 432 g/mol. The molecule has 0 aliphatic heterocycles. The van der Waals surface area contributed by atoms with Crippen molar-refractivity contribution in [1.82, 2.24) is 8.51 Å². The van der Waals surface area contributed by atoms with Gasteiger partial charge < -0.3 is 7.80 Å². The molecule has 0 amide bonds. The first kappa shape index (κ1) is 11.6. The van der Waals surface area contributed by atoms with Crippen LogP contribution in [0.3, 0.4) is 0 Å². The summed E-state index contributed by atoms with van der Waals surface area (Å²) in [5.41, 5.74) is 0. The molecular formula is C9H10I2N2O2. The van der Waals surface area contributed by atoms with Gasteiger partial charge >= 0.3 is 0 Å². The fraction of sp³-hybridized carbons (Fsp3) is 0.444. The predicted molar refractivity (Wildman–Crippen MR) is 73.5 cm³/mol. The number of nitrogens with zero attached hydrogens (tertiary/aromatic N) is 1. The molecule has 0 bridgehead atoms.